The van der Waals surface area contributed by atoms with Crippen LogP contribution in [0.5, 0.6) is 0 Å². The van der Waals surface area contributed by atoms with Gasteiger partial charge in [0.1, 0.15) is 0 Å². The highest BCUT2D eigenvalue weighted by Crippen LogP contribution is 2.15. The molecule has 0 aliphatic carbocycles. The van der Waals surface area contributed by atoms with E-state index in [-0.39, 0.29) is 0 Å². The molecular formula is C23H48N2. The monoisotopic (exact) mass is 352 g/mol. The van der Waals surface area contributed by atoms with Crippen LogP contribution in [0.2, 0.25) is 0 Å². The Morgan fingerprint density at radius 2 is 1.24 bits per heavy atom. The van der Waals surface area contributed by atoms with E-state index in [1.54, 1.807) is 0 Å². The predicted molar refractivity (Wildman–Crippen MR) is 113 cm³/mol. The number of piperidine rings is 1. The third-order valence-corrected chi connectivity index (χ3v) is 5.72. The van der Waals surface area contributed by atoms with Crippen LogP contribution in [0, 0.1) is 11.8 Å². The highest BCUT2D eigenvalue weighted by atomic mass is 15.1. The van der Waals surface area contributed by atoms with E-state index in [4.69, 9.17) is 0 Å². The molecule has 1 heterocycles. The lowest BCUT2D eigenvalue weighted by Crippen LogP contribution is -2.31. The molecule has 0 aromatic heterocycles. The van der Waals surface area contributed by atoms with Crippen LogP contribution in [0.15, 0.2) is 0 Å². The summed E-state index contributed by atoms with van der Waals surface area (Å²) in [5, 5.41) is 3.86. The number of hydrogen-bond acceptors (Lipinski definition) is 2. The summed E-state index contributed by atoms with van der Waals surface area (Å²) < 4.78 is 0. The van der Waals surface area contributed by atoms with E-state index in [0.29, 0.717) is 0 Å². The fraction of sp³-hybridized carbons (Fsp3) is 1.00. The quantitative estimate of drug-likeness (QED) is 0.350. The van der Waals surface area contributed by atoms with Crippen LogP contribution < -0.4 is 5.32 Å². The summed E-state index contributed by atoms with van der Waals surface area (Å²) in [6.07, 6.45) is 16.8. The second-order valence-corrected chi connectivity index (χ2v) is 9.26. The predicted octanol–water partition coefficient (Wildman–Crippen LogP) is 6.25. The molecule has 0 radical (unpaired) electrons. The molecule has 1 fully saturated rings. The minimum Gasteiger partial charge on any atom is -0.314 e. The van der Waals surface area contributed by atoms with Gasteiger partial charge in [0, 0.05) is 6.04 Å². The lowest BCUT2D eigenvalue weighted by atomic mass is 9.96. The van der Waals surface area contributed by atoms with Gasteiger partial charge in [-0.3, -0.25) is 0 Å². The molecule has 1 N–H and O–H groups in total. The molecule has 1 aliphatic heterocycles. The number of rotatable bonds is 15. The lowest BCUT2D eigenvalue weighted by Gasteiger charge is -2.26. The molecule has 0 aromatic carbocycles. The van der Waals surface area contributed by atoms with E-state index in [2.05, 4.69) is 37.9 Å². The standard InChI is InChI=1S/C23H48N2/c1-21(2)13-15-23(16-14-22(3)4)24-17-9-6-5-7-10-18-25-19-11-8-12-20-25/h21-24H,5-20H2,1-4H3. The number of nitrogens with zero attached hydrogens (tertiary/aromatic N) is 1. The van der Waals surface area contributed by atoms with Crippen molar-refractivity contribution >= 4 is 0 Å². The molecular weight excluding hydrogens is 304 g/mol. The van der Waals surface area contributed by atoms with Gasteiger partial charge in [-0.15, -0.1) is 0 Å². The Labute approximate surface area is 159 Å². The Morgan fingerprint density at radius 1 is 0.680 bits per heavy atom. The molecule has 0 unspecified atom stereocenters. The zero-order valence-electron chi connectivity index (χ0n) is 18.0. The first-order valence-corrected chi connectivity index (χ1v) is 11.5. The number of unbranched alkanes of at least 4 members (excludes halogenated alkanes) is 4. The van der Waals surface area contributed by atoms with Gasteiger partial charge in [0.2, 0.25) is 0 Å². The lowest BCUT2D eigenvalue weighted by molar-refractivity contribution is 0.224. The molecule has 0 atom stereocenters. The summed E-state index contributed by atoms with van der Waals surface area (Å²) in [6.45, 7) is 14.7. The minimum absolute atomic E-state index is 0.754. The Morgan fingerprint density at radius 3 is 1.84 bits per heavy atom. The summed E-state index contributed by atoms with van der Waals surface area (Å²) in [5.41, 5.74) is 0. The first-order valence-electron chi connectivity index (χ1n) is 11.5. The number of hydrogen-bond donors (Lipinski definition) is 1. The van der Waals surface area contributed by atoms with Gasteiger partial charge >= 0.3 is 0 Å². The zero-order valence-corrected chi connectivity index (χ0v) is 18.0. The van der Waals surface area contributed by atoms with Gasteiger partial charge in [0.05, 0.1) is 0 Å². The van der Waals surface area contributed by atoms with Crippen LogP contribution in [0.25, 0.3) is 0 Å². The fourth-order valence-corrected chi connectivity index (χ4v) is 3.90. The van der Waals surface area contributed by atoms with Crippen molar-refractivity contribution in [3.05, 3.63) is 0 Å². The Balaban J connectivity index is 1.98. The molecule has 0 saturated carbocycles. The Bertz CT molecular complexity index is 270. The molecule has 1 saturated heterocycles. The van der Waals surface area contributed by atoms with Crippen LogP contribution in [0.3, 0.4) is 0 Å². The second-order valence-electron chi connectivity index (χ2n) is 9.26. The summed E-state index contributed by atoms with van der Waals surface area (Å²) >= 11 is 0. The van der Waals surface area contributed by atoms with Crippen LogP contribution in [-0.4, -0.2) is 37.1 Å². The van der Waals surface area contributed by atoms with Gasteiger partial charge in [-0.05, 0) is 89.4 Å². The van der Waals surface area contributed by atoms with E-state index >= 15 is 0 Å². The van der Waals surface area contributed by atoms with Crippen molar-refractivity contribution in [2.75, 3.05) is 26.2 Å². The normalized spacial score (nSPS) is 16.4. The van der Waals surface area contributed by atoms with E-state index in [1.165, 1.54) is 103 Å². The zero-order chi connectivity index (χ0) is 18.3. The van der Waals surface area contributed by atoms with Gasteiger partial charge in [-0.1, -0.05) is 53.4 Å². The van der Waals surface area contributed by atoms with Crippen molar-refractivity contribution in [1.29, 1.82) is 0 Å². The summed E-state index contributed by atoms with van der Waals surface area (Å²) in [5.74, 6) is 1.67. The van der Waals surface area contributed by atoms with Crippen LogP contribution in [0.1, 0.15) is 105 Å². The van der Waals surface area contributed by atoms with Gasteiger partial charge in [0.15, 0.2) is 0 Å². The number of likely N-dealkylation sites (tertiary alicyclic amines) is 1. The molecule has 25 heavy (non-hydrogen) atoms. The third-order valence-electron chi connectivity index (χ3n) is 5.72. The van der Waals surface area contributed by atoms with Gasteiger partial charge in [-0.25, -0.2) is 0 Å². The smallest absolute Gasteiger partial charge is 0.00672 e. The van der Waals surface area contributed by atoms with Crippen molar-refractivity contribution in [1.82, 2.24) is 10.2 Å². The molecule has 2 nitrogen and oxygen atoms in total. The molecule has 0 amide bonds. The molecule has 0 spiro atoms. The van der Waals surface area contributed by atoms with E-state index < -0.39 is 0 Å². The Kier molecular flexibility index (Phi) is 13.8. The highest BCUT2D eigenvalue weighted by Gasteiger charge is 2.10. The average Bonchev–Trinajstić information content (AvgIpc) is 2.59. The van der Waals surface area contributed by atoms with E-state index in [1.807, 2.05) is 0 Å². The van der Waals surface area contributed by atoms with Gasteiger partial charge < -0.3 is 10.2 Å². The molecule has 1 rings (SSSR count). The summed E-state index contributed by atoms with van der Waals surface area (Å²) in [4.78, 5) is 2.68. The third kappa shape index (κ3) is 13.7. The second kappa shape index (κ2) is 15.0. The largest absolute Gasteiger partial charge is 0.314 e. The first-order chi connectivity index (χ1) is 12.1. The van der Waals surface area contributed by atoms with E-state index in [9.17, 15) is 0 Å². The molecule has 150 valence electrons. The maximum absolute atomic E-state index is 3.86. The number of nitrogens with one attached hydrogen (secondary N) is 1. The fourth-order valence-electron chi connectivity index (χ4n) is 3.90. The minimum atomic E-state index is 0.754. The van der Waals surface area contributed by atoms with Crippen LogP contribution in [-0.2, 0) is 0 Å². The SMILES string of the molecule is CC(C)CCC(CCC(C)C)NCCCCCCCN1CCCCC1. The molecule has 0 bridgehead atoms. The van der Waals surface area contributed by atoms with Crippen molar-refractivity contribution in [2.24, 2.45) is 11.8 Å². The van der Waals surface area contributed by atoms with Crippen LogP contribution in [0.4, 0.5) is 0 Å². The van der Waals surface area contributed by atoms with Crippen molar-refractivity contribution in [3.63, 3.8) is 0 Å². The Hall–Kier alpha value is -0.0800. The maximum atomic E-state index is 3.86. The highest BCUT2D eigenvalue weighted by molar-refractivity contribution is 4.69. The summed E-state index contributed by atoms with van der Waals surface area (Å²) in [6, 6.07) is 0.754. The van der Waals surface area contributed by atoms with Gasteiger partial charge in [0.25, 0.3) is 0 Å². The molecule has 2 heteroatoms. The molecule has 1 aliphatic rings. The van der Waals surface area contributed by atoms with Crippen LogP contribution >= 0.6 is 0 Å². The maximum Gasteiger partial charge on any atom is 0.00672 e. The van der Waals surface area contributed by atoms with Crippen molar-refractivity contribution < 1.29 is 0 Å². The van der Waals surface area contributed by atoms with Crippen molar-refractivity contribution in [3.8, 4) is 0 Å². The average molecular weight is 353 g/mol. The van der Waals surface area contributed by atoms with Crippen molar-refractivity contribution in [2.45, 2.75) is 111 Å². The topological polar surface area (TPSA) is 15.3 Å². The van der Waals surface area contributed by atoms with E-state index in [0.717, 1.165) is 17.9 Å². The molecule has 0 aromatic rings. The summed E-state index contributed by atoms with van der Waals surface area (Å²) in [7, 11) is 0. The van der Waals surface area contributed by atoms with Gasteiger partial charge in [-0.2, -0.15) is 0 Å². The first kappa shape index (κ1) is 23.0.